The van der Waals surface area contributed by atoms with Gasteiger partial charge in [0.05, 0.1) is 6.10 Å². The first-order chi connectivity index (χ1) is 12.9. The van der Waals surface area contributed by atoms with E-state index in [1.54, 1.807) is 6.08 Å². The van der Waals surface area contributed by atoms with E-state index in [0.717, 1.165) is 44.6 Å². The molecule has 0 radical (unpaired) electrons. The largest absolute Gasteiger partial charge is 0.524 e. The summed E-state index contributed by atoms with van der Waals surface area (Å²) in [5.41, 5.74) is 0.909. The maximum absolute atomic E-state index is 11.9. The van der Waals surface area contributed by atoms with Gasteiger partial charge in [-0.05, 0) is 49.9 Å². The summed E-state index contributed by atoms with van der Waals surface area (Å²) in [6.07, 6.45) is 12.0. The Hall–Kier alpha value is -0.282. The second kappa shape index (κ2) is 7.15. The smallest absolute Gasteiger partial charge is 0.178 e. The van der Waals surface area contributed by atoms with Gasteiger partial charge in [0.25, 0.3) is 0 Å². The first-order valence-electron chi connectivity index (χ1n) is 10.7. The van der Waals surface area contributed by atoms with Crippen LogP contribution in [-0.2, 0) is 35.3 Å². The maximum Gasteiger partial charge on any atom is 0.178 e. The van der Waals surface area contributed by atoms with E-state index in [2.05, 4.69) is 26.8 Å². The molecule has 0 bridgehead atoms. The average molecular weight is 555 g/mol. The fourth-order valence-corrected chi connectivity index (χ4v) is 7.14. The Labute approximate surface area is 182 Å². The Morgan fingerprint density at radius 1 is 1.36 bits per heavy atom. The Bertz CT molecular complexity index is 717. The third kappa shape index (κ3) is 2.81. The van der Waals surface area contributed by atoms with Gasteiger partial charge in [-0.3, -0.25) is 4.79 Å². The second-order valence-electron chi connectivity index (χ2n) is 9.77. The maximum atomic E-state index is 11.9. The molecule has 1 aliphatic heterocycles. The van der Waals surface area contributed by atoms with E-state index in [9.17, 15) is 9.90 Å². The van der Waals surface area contributed by atoms with Crippen LogP contribution in [0.3, 0.4) is 0 Å². The van der Waals surface area contributed by atoms with E-state index in [-0.39, 0.29) is 62.1 Å². The zero-order valence-corrected chi connectivity index (χ0v) is 20.0. The molecule has 3 saturated carbocycles. The minimum atomic E-state index is -0.386. The monoisotopic (exact) mass is 555 g/mol. The molecule has 8 atom stereocenters. The van der Waals surface area contributed by atoms with Gasteiger partial charge in [-0.2, -0.15) is 6.10 Å². The van der Waals surface area contributed by atoms with Crippen LogP contribution in [-0.4, -0.2) is 29.4 Å². The predicted molar refractivity (Wildman–Crippen MR) is 101 cm³/mol. The molecule has 154 valence electrons. The number of carbonyl (C=O) groups excluding carboxylic acids is 1. The average Bonchev–Trinajstić information content (AvgIpc) is 3.12. The van der Waals surface area contributed by atoms with Crippen molar-refractivity contribution in [2.45, 2.75) is 77.8 Å². The van der Waals surface area contributed by atoms with Crippen LogP contribution < -0.4 is 0 Å². The van der Waals surface area contributed by atoms with Crippen molar-refractivity contribution in [2.75, 3.05) is 0 Å². The number of rotatable bonds is 2. The topological polar surface area (TPSA) is 55.8 Å². The quantitative estimate of drug-likeness (QED) is 0.525. The molecule has 5 rings (SSSR count). The molecule has 0 amide bonds. The first kappa shape index (κ1) is 21.0. The van der Waals surface area contributed by atoms with E-state index < -0.39 is 0 Å². The van der Waals surface area contributed by atoms with Gasteiger partial charge in [-0.1, -0.05) is 51.2 Å². The molecule has 0 spiro atoms. The number of ether oxygens (including phenoxy) is 2. The molecular weight excluding hydrogens is 524 g/mol. The number of ketones is 1. The molecule has 5 heteroatoms. The van der Waals surface area contributed by atoms with Gasteiger partial charge in [0.2, 0.25) is 0 Å². The van der Waals surface area contributed by atoms with Crippen molar-refractivity contribution in [2.24, 2.45) is 28.6 Å². The second-order valence-corrected chi connectivity index (χ2v) is 9.77. The van der Waals surface area contributed by atoms with Crippen LogP contribution in [0.15, 0.2) is 23.8 Å². The molecule has 6 unspecified atom stereocenters. The van der Waals surface area contributed by atoms with Crippen LogP contribution in [0.5, 0.6) is 0 Å². The number of hydrogen-bond acceptors (Lipinski definition) is 4. The summed E-state index contributed by atoms with van der Waals surface area (Å²) in [7, 11) is 0. The SMILES string of the molecule is CCCC1O[C-]2C(C[C@H]3C4CCC5=CC(=O)C=CC5(C)C4[C@@H](O)CC23C)O1.[W]. The van der Waals surface area contributed by atoms with E-state index in [0.29, 0.717) is 11.8 Å². The van der Waals surface area contributed by atoms with Crippen molar-refractivity contribution in [1.82, 2.24) is 0 Å². The Morgan fingerprint density at radius 2 is 2.14 bits per heavy atom. The van der Waals surface area contributed by atoms with Gasteiger partial charge < -0.3 is 14.6 Å². The van der Waals surface area contributed by atoms with Crippen molar-refractivity contribution in [3.05, 3.63) is 29.9 Å². The van der Waals surface area contributed by atoms with Gasteiger partial charge in [0.15, 0.2) is 5.78 Å². The number of allylic oxidation sites excluding steroid dienone is 4. The van der Waals surface area contributed by atoms with E-state index in [1.165, 1.54) is 5.57 Å². The zero-order chi connectivity index (χ0) is 19.0. The fourth-order valence-electron chi connectivity index (χ4n) is 7.14. The molecule has 4 fully saturated rings. The van der Waals surface area contributed by atoms with E-state index in [1.807, 2.05) is 6.08 Å². The van der Waals surface area contributed by atoms with Crippen LogP contribution in [0.4, 0.5) is 0 Å². The summed E-state index contributed by atoms with van der Waals surface area (Å²) >= 11 is 0. The van der Waals surface area contributed by atoms with Gasteiger partial charge in [-0.25, -0.2) is 0 Å². The van der Waals surface area contributed by atoms with Crippen LogP contribution in [0.25, 0.3) is 0 Å². The van der Waals surface area contributed by atoms with Crippen LogP contribution >= 0.6 is 0 Å². The zero-order valence-electron chi connectivity index (χ0n) is 17.0. The fraction of sp³-hybridized carbons (Fsp3) is 0.739. The van der Waals surface area contributed by atoms with Gasteiger partial charge in [0, 0.05) is 32.4 Å². The number of hydrogen-bond donors (Lipinski definition) is 1. The normalized spacial score (nSPS) is 49.6. The molecule has 0 aromatic heterocycles. The van der Waals surface area contributed by atoms with Crippen molar-refractivity contribution >= 4 is 5.78 Å². The van der Waals surface area contributed by atoms with E-state index in [4.69, 9.17) is 9.47 Å². The van der Waals surface area contributed by atoms with Crippen molar-refractivity contribution < 1.29 is 40.4 Å². The molecule has 1 saturated heterocycles. The first-order valence-corrected chi connectivity index (χ1v) is 10.7. The summed E-state index contributed by atoms with van der Waals surface area (Å²) in [4.78, 5) is 11.9. The molecule has 0 aromatic carbocycles. The minimum Gasteiger partial charge on any atom is -0.524 e. The minimum absolute atomic E-state index is 0. The van der Waals surface area contributed by atoms with Crippen LogP contribution in [0, 0.1) is 34.7 Å². The Kier molecular flexibility index (Phi) is 5.35. The number of carbonyl (C=O) groups is 1. The number of fused-ring (bicyclic) bond motifs is 7. The van der Waals surface area contributed by atoms with Gasteiger partial charge >= 0.3 is 0 Å². The third-order valence-corrected chi connectivity index (χ3v) is 8.31. The molecule has 5 aliphatic rings. The summed E-state index contributed by atoms with van der Waals surface area (Å²) < 4.78 is 12.5. The molecule has 0 aromatic rings. The van der Waals surface area contributed by atoms with Gasteiger partial charge in [-0.15, -0.1) is 5.41 Å². The molecule has 1 heterocycles. The predicted octanol–water partition coefficient (Wildman–Crippen LogP) is 3.95. The van der Waals surface area contributed by atoms with Crippen LogP contribution in [0.2, 0.25) is 0 Å². The summed E-state index contributed by atoms with van der Waals surface area (Å²) in [5, 5.41) is 11.3. The summed E-state index contributed by atoms with van der Waals surface area (Å²) in [6.45, 7) is 6.66. The molecule has 4 nitrogen and oxygen atoms in total. The molecule has 28 heavy (non-hydrogen) atoms. The summed E-state index contributed by atoms with van der Waals surface area (Å²) in [5.74, 6) is 1.18. The van der Waals surface area contributed by atoms with Crippen molar-refractivity contribution in [3.8, 4) is 0 Å². The Morgan fingerprint density at radius 3 is 2.89 bits per heavy atom. The number of aliphatic hydroxyl groups is 1. The van der Waals surface area contributed by atoms with Crippen molar-refractivity contribution in [1.29, 1.82) is 0 Å². The molecule has 1 N–H and O–H groups in total. The molecular formula is C23H31O4W-. The standard InChI is InChI=1S/C23H31O4.W/c1-4-5-19-26-18-11-16-15-7-6-13-10-14(24)8-9-22(13,2)20(15)17(25)12-23(16,3)21(18)27-19;/h8-10,15-20,25H,4-7,11-12H2,1-3H3;/q-1;/t15?,16-,17-,18?,19?,20?,22?,23?;/m0./s1. The Balaban J connectivity index is 0.00000192. The summed E-state index contributed by atoms with van der Waals surface area (Å²) in [6, 6.07) is 0. The number of aliphatic hydroxyl groups excluding tert-OH is 1. The third-order valence-electron chi connectivity index (χ3n) is 8.31. The molecule has 4 aliphatic carbocycles. The van der Waals surface area contributed by atoms with E-state index >= 15 is 0 Å². The van der Waals surface area contributed by atoms with Gasteiger partial charge in [0.1, 0.15) is 6.29 Å². The van der Waals surface area contributed by atoms with Crippen molar-refractivity contribution in [3.63, 3.8) is 0 Å². The van der Waals surface area contributed by atoms with Crippen LogP contribution in [0.1, 0.15) is 59.3 Å².